The predicted molar refractivity (Wildman–Crippen MR) is 52.2 cm³/mol. The number of pyridine rings is 1. The molecule has 0 aromatic carbocycles. The van der Waals surface area contributed by atoms with Gasteiger partial charge in [0.25, 0.3) is 0 Å². The van der Waals surface area contributed by atoms with Gasteiger partial charge >= 0.3 is 0 Å². The highest BCUT2D eigenvalue weighted by Crippen LogP contribution is 2.25. The standard InChI is InChI=1S/C11H15NO/c1-8-7-11(13-2)12-10-6-4-3-5-9(8)10/h7H,3-6H2,1-2H3. The highest BCUT2D eigenvalue weighted by atomic mass is 16.5. The highest BCUT2D eigenvalue weighted by Gasteiger charge is 2.13. The number of fused-ring (bicyclic) bond motifs is 1. The second-order valence-electron chi connectivity index (χ2n) is 3.61. The van der Waals surface area contributed by atoms with Crippen molar-refractivity contribution >= 4 is 0 Å². The fraction of sp³-hybridized carbons (Fsp3) is 0.545. The van der Waals surface area contributed by atoms with Crippen LogP contribution in [0.1, 0.15) is 29.7 Å². The van der Waals surface area contributed by atoms with Gasteiger partial charge in [-0.2, -0.15) is 0 Å². The Morgan fingerprint density at radius 1 is 1.31 bits per heavy atom. The third kappa shape index (κ3) is 1.53. The Hall–Kier alpha value is -1.05. The molecule has 0 atom stereocenters. The van der Waals surface area contributed by atoms with Gasteiger partial charge in [-0.05, 0) is 43.7 Å². The minimum Gasteiger partial charge on any atom is -0.481 e. The monoisotopic (exact) mass is 177 g/mol. The minimum absolute atomic E-state index is 0.762. The number of methoxy groups -OCH3 is 1. The van der Waals surface area contributed by atoms with Crippen molar-refractivity contribution in [3.63, 3.8) is 0 Å². The maximum Gasteiger partial charge on any atom is 0.213 e. The van der Waals surface area contributed by atoms with Gasteiger partial charge in [-0.3, -0.25) is 0 Å². The summed E-state index contributed by atoms with van der Waals surface area (Å²) in [6, 6.07) is 2.03. The first-order valence-electron chi connectivity index (χ1n) is 4.84. The van der Waals surface area contributed by atoms with Crippen molar-refractivity contribution in [2.75, 3.05) is 7.11 Å². The van der Waals surface area contributed by atoms with E-state index in [0.29, 0.717) is 0 Å². The predicted octanol–water partition coefficient (Wildman–Crippen LogP) is 2.28. The summed E-state index contributed by atoms with van der Waals surface area (Å²) in [7, 11) is 1.68. The van der Waals surface area contributed by atoms with Crippen molar-refractivity contribution < 1.29 is 4.74 Å². The van der Waals surface area contributed by atoms with Crippen LogP contribution in [-0.2, 0) is 12.8 Å². The Balaban J connectivity index is 2.47. The lowest BCUT2D eigenvalue weighted by molar-refractivity contribution is 0.394. The molecule has 2 heteroatoms. The lowest BCUT2D eigenvalue weighted by Crippen LogP contribution is -2.08. The number of aryl methyl sites for hydroxylation is 2. The van der Waals surface area contributed by atoms with E-state index in [1.807, 2.05) is 6.07 Å². The van der Waals surface area contributed by atoms with Crippen LogP contribution in [0, 0.1) is 6.92 Å². The molecule has 0 spiro atoms. The van der Waals surface area contributed by atoms with Crippen molar-refractivity contribution in [3.05, 3.63) is 22.9 Å². The Labute approximate surface area is 78.9 Å². The number of rotatable bonds is 1. The lowest BCUT2D eigenvalue weighted by Gasteiger charge is -2.17. The summed E-state index contributed by atoms with van der Waals surface area (Å²) in [6.07, 6.45) is 4.89. The summed E-state index contributed by atoms with van der Waals surface area (Å²) in [5, 5.41) is 0. The van der Waals surface area contributed by atoms with E-state index >= 15 is 0 Å². The van der Waals surface area contributed by atoms with E-state index in [0.717, 1.165) is 12.3 Å². The van der Waals surface area contributed by atoms with Crippen LogP contribution in [0.2, 0.25) is 0 Å². The first kappa shape index (κ1) is 8.54. The van der Waals surface area contributed by atoms with Gasteiger partial charge < -0.3 is 4.74 Å². The third-order valence-electron chi connectivity index (χ3n) is 2.71. The fourth-order valence-corrected chi connectivity index (χ4v) is 1.98. The molecule has 0 saturated carbocycles. The van der Waals surface area contributed by atoms with Crippen LogP contribution in [0.15, 0.2) is 6.07 Å². The summed E-state index contributed by atoms with van der Waals surface area (Å²) >= 11 is 0. The average molecular weight is 177 g/mol. The van der Waals surface area contributed by atoms with Gasteiger partial charge in [0.1, 0.15) is 0 Å². The van der Waals surface area contributed by atoms with Gasteiger partial charge in [0.15, 0.2) is 0 Å². The zero-order valence-corrected chi connectivity index (χ0v) is 8.26. The van der Waals surface area contributed by atoms with Crippen molar-refractivity contribution in [2.24, 2.45) is 0 Å². The molecule has 13 heavy (non-hydrogen) atoms. The average Bonchev–Trinajstić information content (AvgIpc) is 2.18. The van der Waals surface area contributed by atoms with Gasteiger partial charge in [0.2, 0.25) is 5.88 Å². The molecule has 0 saturated heterocycles. The molecule has 0 unspecified atom stereocenters. The summed E-state index contributed by atoms with van der Waals surface area (Å²) in [4.78, 5) is 4.47. The number of nitrogens with zero attached hydrogens (tertiary/aromatic N) is 1. The lowest BCUT2D eigenvalue weighted by atomic mass is 9.93. The first-order valence-corrected chi connectivity index (χ1v) is 4.84. The van der Waals surface area contributed by atoms with Crippen molar-refractivity contribution in [1.82, 2.24) is 4.98 Å². The molecule has 1 aromatic rings. The molecule has 0 fully saturated rings. The second kappa shape index (κ2) is 3.36. The van der Waals surface area contributed by atoms with Gasteiger partial charge in [0, 0.05) is 11.8 Å². The molecule has 1 heterocycles. The largest absolute Gasteiger partial charge is 0.481 e. The Kier molecular flexibility index (Phi) is 2.21. The number of aromatic nitrogens is 1. The van der Waals surface area contributed by atoms with Crippen LogP contribution < -0.4 is 4.74 Å². The maximum absolute atomic E-state index is 5.15. The van der Waals surface area contributed by atoms with E-state index in [-0.39, 0.29) is 0 Å². The van der Waals surface area contributed by atoms with Crippen LogP contribution in [0.5, 0.6) is 5.88 Å². The molecule has 0 aliphatic heterocycles. The van der Waals surface area contributed by atoms with Crippen molar-refractivity contribution in [3.8, 4) is 5.88 Å². The van der Waals surface area contributed by atoms with Crippen LogP contribution in [0.3, 0.4) is 0 Å². The Bertz CT molecular complexity index is 320. The van der Waals surface area contributed by atoms with Crippen LogP contribution in [0.4, 0.5) is 0 Å². The molecule has 0 amide bonds. The Morgan fingerprint density at radius 3 is 2.85 bits per heavy atom. The SMILES string of the molecule is COc1cc(C)c2c(n1)CCCC2. The molecule has 0 N–H and O–H groups in total. The molecule has 1 aliphatic rings. The van der Waals surface area contributed by atoms with Crippen molar-refractivity contribution in [1.29, 1.82) is 0 Å². The Morgan fingerprint density at radius 2 is 2.08 bits per heavy atom. The molecule has 0 radical (unpaired) electrons. The molecular formula is C11H15NO. The molecule has 1 aromatic heterocycles. The number of hydrogen-bond acceptors (Lipinski definition) is 2. The van der Waals surface area contributed by atoms with Crippen molar-refractivity contribution in [2.45, 2.75) is 32.6 Å². The van der Waals surface area contributed by atoms with Crippen LogP contribution in [-0.4, -0.2) is 12.1 Å². The first-order chi connectivity index (χ1) is 6.31. The van der Waals surface area contributed by atoms with E-state index in [9.17, 15) is 0 Å². The topological polar surface area (TPSA) is 22.1 Å². The summed E-state index contributed by atoms with van der Waals surface area (Å²) < 4.78 is 5.15. The maximum atomic E-state index is 5.15. The van der Waals surface area contributed by atoms with E-state index in [1.165, 1.54) is 36.1 Å². The number of hydrogen-bond donors (Lipinski definition) is 0. The summed E-state index contributed by atoms with van der Waals surface area (Å²) in [6.45, 7) is 2.15. The van der Waals surface area contributed by atoms with Gasteiger partial charge in [-0.1, -0.05) is 0 Å². The normalized spacial score (nSPS) is 15.2. The van der Waals surface area contributed by atoms with E-state index < -0.39 is 0 Å². The van der Waals surface area contributed by atoms with E-state index in [1.54, 1.807) is 7.11 Å². The molecule has 70 valence electrons. The quantitative estimate of drug-likeness (QED) is 0.656. The molecule has 1 aliphatic carbocycles. The van der Waals surface area contributed by atoms with Crippen LogP contribution in [0.25, 0.3) is 0 Å². The zero-order valence-electron chi connectivity index (χ0n) is 8.26. The molecule has 0 bridgehead atoms. The molecule has 2 rings (SSSR count). The van der Waals surface area contributed by atoms with E-state index in [4.69, 9.17) is 4.74 Å². The molecular weight excluding hydrogens is 162 g/mol. The minimum atomic E-state index is 0.762. The van der Waals surface area contributed by atoms with E-state index in [2.05, 4.69) is 11.9 Å². The summed E-state index contributed by atoms with van der Waals surface area (Å²) in [5.41, 5.74) is 4.04. The second-order valence-corrected chi connectivity index (χ2v) is 3.61. The number of ether oxygens (including phenoxy) is 1. The van der Waals surface area contributed by atoms with Gasteiger partial charge in [0.05, 0.1) is 7.11 Å². The van der Waals surface area contributed by atoms with Crippen LogP contribution >= 0.6 is 0 Å². The third-order valence-corrected chi connectivity index (χ3v) is 2.71. The smallest absolute Gasteiger partial charge is 0.213 e. The zero-order chi connectivity index (χ0) is 9.26. The van der Waals surface area contributed by atoms with Gasteiger partial charge in [-0.15, -0.1) is 0 Å². The molecule has 2 nitrogen and oxygen atoms in total. The fourth-order valence-electron chi connectivity index (χ4n) is 1.98. The summed E-state index contributed by atoms with van der Waals surface area (Å²) in [5.74, 6) is 0.762. The van der Waals surface area contributed by atoms with Gasteiger partial charge in [-0.25, -0.2) is 4.98 Å². The highest BCUT2D eigenvalue weighted by molar-refractivity contribution is 5.35.